The van der Waals surface area contributed by atoms with E-state index >= 15 is 0 Å². The largest absolute Gasteiger partial charge is 0.339 e. The Morgan fingerprint density at radius 2 is 1.59 bits per heavy atom. The summed E-state index contributed by atoms with van der Waals surface area (Å²) in [5.41, 5.74) is 1.17. The van der Waals surface area contributed by atoms with Crippen LogP contribution in [0.1, 0.15) is 5.56 Å². The minimum Gasteiger partial charge on any atom is -0.339 e. The van der Waals surface area contributed by atoms with Gasteiger partial charge in [0.05, 0.1) is 10.6 Å². The van der Waals surface area contributed by atoms with Crippen molar-refractivity contribution in [1.29, 1.82) is 0 Å². The number of hydrogen-bond acceptors (Lipinski definition) is 4. The predicted octanol–water partition coefficient (Wildman–Crippen LogP) is 2.59. The second kappa shape index (κ2) is 8.86. The first-order valence-electron chi connectivity index (χ1n) is 8.62. The van der Waals surface area contributed by atoms with Crippen LogP contribution in [0.4, 0.5) is 4.39 Å². The molecule has 1 saturated heterocycles. The van der Waals surface area contributed by atoms with Crippen molar-refractivity contribution in [2.24, 2.45) is 0 Å². The van der Waals surface area contributed by atoms with Gasteiger partial charge in [0.25, 0.3) is 0 Å². The Morgan fingerprint density at radius 3 is 2.22 bits per heavy atom. The molecule has 1 heterocycles. The molecule has 2 aromatic carbocycles. The summed E-state index contributed by atoms with van der Waals surface area (Å²) in [6, 6.07) is 14.8. The van der Waals surface area contributed by atoms with Crippen molar-refractivity contribution in [3.63, 3.8) is 0 Å². The van der Waals surface area contributed by atoms with Gasteiger partial charge in [-0.1, -0.05) is 30.3 Å². The van der Waals surface area contributed by atoms with E-state index in [-0.39, 0.29) is 23.9 Å². The summed E-state index contributed by atoms with van der Waals surface area (Å²) in [5.74, 6) is 0.692. The maximum atomic E-state index is 13.0. The molecule has 0 saturated carbocycles. The van der Waals surface area contributed by atoms with Crippen LogP contribution < -0.4 is 0 Å². The van der Waals surface area contributed by atoms with Crippen molar-refractivity contribution in [3.05, 3.63) is 66.0 Å². The summed E-state index contributed by atoms with van der Waals surface area (Å²) in [5, 5.41) is 0. The van der Waals surface area contributed by atoms with Crippen molar-refractivity contribution in [3.8, 4) is 0 Å². The van der Waals surface area contributed by atoms with Crippen molar-refractivity contribution < 1.29 is 17.6 Å². The molecule has 27 heavy (non-hydrogen) atoms. The molecule has 3 rings (SSSR count). The van der Waals surface area contributed by atoms with E-state index in [2.05, 4.69) is 0 Å². The van der Waals surface area contributed by atoms with Gasteiger partial charge in [0.1, 0.15) is 5.82 Å². The fourth-order valence-electron chi connectivity index (χ4n) is 2.86. The van der Waals surface area contributed by atoms with Crippen LogP contribution in [-0.2, 0) is 20.6 Å². The highest BCUT2D eigenvalue weighted by Gasteiger charge is 2.29. The molecule has 0 aliphatic carbocycles. The number of halogens is 1. The molecule has 0 atom stereocenters. The van der Waals surface area contributed by atoms with Gasteiger partial charge in [-0.25, -0.2) is 12.8 Å². The number of piperazine rings is 1. The number of carbonyl (C=O) groups is 1. The lowest BCUT2D eigenvalue weighted by Crippen LogP contribution is -2.50. The molecule has 0 bridgehead atoms. The summed E-state index contributed by atoms with van der Waals surface area (Å²) in [7, 11) is -3.66. The molecule has 5 nitrogen and oxygen atoms in total. The third-order valence-corrected chi connectivity index (χ3v) is 7.28. The SMILES string of the molecule is O=C(CSCc1ccccc1)N1CCN(S(=O)(=O)c2ccc(F)cc2)CC1. The van der Waals surface area contributed by atoms with Crippen molar-refractivity contribution in [2.75, 3.05) is 31.9 Å². The van der Waals surface area contributed by atoms with Crippen molar-refractivity contribution >= 4 is 27.7 Å². The highest BCUT2D eigenvalue weighted by atomic mass is 32.2. The zero-order valence-electron chi connectivity index (χ0n) is 14.8. The topological polar surface area (TPSA) is 57.7 Å². The van der Waals surface area contributed by atoms with E-state index in [0.29, 0.717) is 18.8 Å². The minimum atomic E-state index is -3.66. The first kappa shape index (κ1) is 19.9. The molecule has 0 spiro atoms. The molecule has 0 unspecified atom stereocenters. The molecular formula is C19H21FN2O3S2. The van der Waals surface area contributed by atoms with Gasteiger partial charge in [-0.2, -0.15) is 4.31 Å². The van der Waals surface area contributed by atoms with Gasteiger partial charge in [0.15, 0.2) is 0 Å². The van der Waals surface area contributed by atoms with E-state index in [4.69, 9.17) is 0 Å². The number of nitrogens with zero attached hydrogens (tertiary/aromatic N) is 2. The van der Waals surface area contributed by atoms with Gasteiger partial charge in [0, 0.05) is 31.9 Å². The van der Waals surface area contributed by atoms with Gasteiger partial charge in [0.2, 0.25) is 15.9 Å². The number of thioether (sulfide) groups is 1. The van der Waals surface area contributed by atoms with Crippen molar-refractivity contribution in [2.45, 2.75) is 10.6 Å². The highest BCUT2D eigenvalue weighted by molar-refractivity contribution is 7.99. The van der Waals surface area contributed by atoms with Gasteiger partial charge in [-0.05, 0) is 29.8 Å². The lowest BCUT2D eigenvalue weighted by molar-refractivity contribution is -0.129. The van der Waals surface area contributed by atoms with Gasteiger partial charge >= 0.3 is 0 Å². The van der Waals surface area contributed by atoms with Crippen molar-refractivity contribution in [1.82, 2.24) is 9.21 Å². The monoisotopic (exact) mass is 408 g/mol. The standard InChI is InChI=1S/C19H21FN2O3S2/c20-17-6-8-18(9-7-17)27(24,25)22-12-10-21(11-13-22)19(23)15-26-14-16-4-2-1-3-5-16/h1-9H,10-15H2. The van der Waals surface area contributed by atoms with Gasteiger partial charge < -0.3 is 4.90 Å². The predicted molar refractivity (Wildman–Crippen MR) is 104 cm³/mol. The van der Waals surface area contributed by atoms with E-state index in [0.717, 1.165) is 17.9 Å². The number of sulfonamides is 1. The first-order chi connectivity index (χ1) is 13.0. The van der Waals surface area contributed by atoms with Crippen LogP contribution in [-0.4, -0.2) is 55.5 Å². The highest BCUT2D eigenvalue weighted by Crippen LogP contribution is 2.19. The molecule has 144 valence electrons. The number of amides is 1. The molecule has 8 heteroatoms. The maximum absolute atomic E-state index is 13.0. The van der Waals surface area contributed by atoms with Crippen LogP contribution >= 0.6 is 11.8 Å². The van der Waals surface area contributed by atoms with Gasteiger partial charge in [-0.3, -0.25) is 4.79 Å². The van der Waals surface area contributed by atoms with E-state index in [1.165, 1.54) is 22.0 Å². The number of carbonyl (C=O) groups excluding carboxylic acids is 1. The molecule has 1 aliphatic rings. The normalized spacial score (nSPS) is 15.7. The third kappa shape index (κ3) is 5.09. The molecule has 2 aromatic rings. The molecule has 1 fully saturated rings. The summed E-state index contributed by atoms with van der Waals surface area (Å²) < 4.78 is 39.6. The second-order valence-corrected chi connectivity index (χ2v) is 9.14. The Morgan fingerprint density at radius 1 is 0.963 bits per heavy atom. The van der Waals surface area contributed by atoms with Crippen LogP contribution in [0.25, 0.3) is 0 Å². The zero-order valence-corrected chi connectivity index (χ0v) is 16.4. The quantitative estimate of drug-likeness (QED) is 0.737. The van der Waals surface area contributed by atoms with E-state index < -0.39 is 15.8 Å². The van der Waals surface area contributed by atoms with E-state index in [1.807, 2.05) is 30.3 Å². The fourth-order valence-corrected chi connectivity index (χ4v) is 5.16. The smallest absolute Gasteiger partial charge is 0.243 e. The Balaban J connectivity index is 1.49. The lowest BCUT2D eigenvalue weighted by atomic mass is 10.2. The Bertz CT molecular complexity index is 866. The summed E-state index contributed by atoms with van der Waals surface area (Å²) in [6.45, 7) is 1.22. The zero-order chi connectivity index (χ0) is 19.3. The average molecular weight is 409 g/mol. The molecule has 1 amide bonds. The Hall–Kier alpha value is -1.90. The first-order valence-corrected chi connectivity index (χ1v) is 11.2. The van der Waals surface area contributed by atoms with Gasteiger partial charge in [-0.15, -0.1) is 11.8 Å². The molecule has 0 aromatic heterocycles. The second-order valence-electron chi connectivity index (χ2n) is 6.22. The van der Waals surface area contributed by atoms with Crippen LogP contribution in [0.3, 0.4) is 0 Å². The minimum absolute atomic E-state index is 0.0229. The van der Waals surface area contributed by atoms with Crippen LogP contribution in [0.5, 0.6) is 0 Å². The number of hydrogen-bond donors (Lipinski definition) is 0. The molecule has 0 radical (unpaired) electrons. The van der Waals surface area contributed by atoms with Crippen LogP contribution in [0, 0.1) is 5.82 Å². The molecular weight excluding hydrogens is 387 g/mol. The van der Waals surface area contributed by atoms with Crippen LogP contribution in [0.2, 0.25) is 0 Å². The summed E-state index contributed by atoms with van der Waals surface area (Å²) >= 11 is 1.55. The summed E-state index contributed by atoms with van der Waals surface area (Å²) in [6.07, 6.45) is 0. The average Bonchev–Trinajstić information content (AvgIpc) is 2.69. The Labute approximate surface area is 163 Å². The maximum Gasteiger partial charge on any atom is 0.243 e. The summed E-state index contributed by atoms with van der Waals surface area (Å²) in [4.78, 5) is 14.1. The molecule has 0 N–H and O–H groups in total. The van der Waals surface area contributed by atoms with Crippen LogP contribution in [0.15, 0.2) is 59.5 Å². The fraction of sp³-hybridized carbons (Fsp3) is 0.316. The van der Waals surface area contributed by atoms with E-state index in [1.54, 1.807) is 16.7 Å². The molecule has 1 aliphatic heterocycles. The lowest BCUT2D eigenvalue weighted by Gasteiger charge is -2.34. The Kier molecular flexibility index (Phi) is 6.51. The third-order valence-electron chi connectivity index (χ3n) is 4.38. The number of benzene rings is 2. The van der Waals surface area contributed by atoms with E-state index in [9.17, 15) is 17.6 Å². The number of rotatable bonds is 6.